The van der Waals surface area contributed by atoms with Crippen LogP contribution < -0.4 is 10.6 Å². The summed E-state index contributed by atoms with van der Waals surface area (Å²) in [6.45, 7) is 4.18. The minimum Gasteiger partial charge on any atom is -0.356 e. The number of likely N-dealkylation sites (tertiary alicyclic amines) is 1. The summed E-state index contributed by atoms with van der Waals surface area (Å²) in [6, 6.07) is 21.4. The molecule has 27 heavy (non-hydrogen) atoms. The van der Waals surface area contributed by atoms with E-state index in [0.29, 0.717) is 11.8 Å². The van der Waals surface area contributed by atoms with Crippen LogP contribution in [0.25, 0.3) is 0 Å². The zero-order valence-electron chi connectivity index (χ0n) is 16.6. The number of piperidine rings is 1. The smallest absolute Gasteiger partial charge is 0.191 e. The molecular weight excluding hydrogens is 332 g/mol. The lowest BCUT2D eigenvalue weighted by atomic mass is 9.91. The van der Waals surface area contributed by atoms with Crippen LogP contribution in [0.2, 0.25) is 0 Å². The van der Waals surface area contributed by atoms with E-state index in [4.69, 9.17) is 0 Å². The molecule has 0 aromatic heterocycles. The van der Waals surface area contributed by atoms with Crippen LogP contribution in [-0.4, -0.2) is 51.1 Å². The SMILES string of the molecule is CN=C(NCC1CCCN(C)C1)NCC(c1ccccc1)c1ccccc1. The summed E-state index contributed by atoms with van der Waals surface area (Å²) in [7, 11) is 4.06. The Labute approximate surface area is 163 Å². The van der Waals surface area contributed by atoms with Gasteiger partial charge in [0.25, 0.3) is 0 Å². The number of nitrogens with zero attached hydrogens (tertiary/aromatic N) is 2. The molecule has 4 nitrogen and oxygen atoms in total. The monoisotopic (exact) mass is 364 g/mol. The number of hydrogen-bond acceptors (Lipinski definition) is 2. The first-order valence-electron chi connectivity index (χ1n) is 9.99. The van der Waals surface area contributed by atoms with Crippen molar-refractivity contribution in [2.75, 3.05) is 40.3 Å². The summed E-state index contributed by atoms with van der Waals surface area (Å²) in [5.74, 6) is 1.88. The number of aliphatic imine (C=N–C) groups is 1. The summed E-state index contributed by atoms with van der Waals surface area (Å²) in [4.78, 5) is 6.86. The van der Waals surface area contributed by atoms with Gasteiger partial charge in [-0.2, -0.15) is 0 Å². The van der Waals surface area contributed by atoms with E-state index in [2.05, 4.69) is 88.2 Å². The van der Waals surface area contributed by atoms with Gasteiger partial charge >= 0.3 is 0 Å². The van der Waals surface area contributed by atoms with Crippen LogP contribution in [0.5, 0.6) is 0 Å². The molecule has 1 unspecified atom stereocenters. The molecule has 2 aromatic rings. The highest BCUT2D eigenvalue weighted by molar-refractivity contribution is 5.79. The van der Waals surface area contributed by atoms with Gasteiger partial charge in [0, 0.05) is 32.6 Å². The van der Waals surface area contributed by atoms with E-state index < -0.39 is 0 Å². The van der Waals surface area contributed by atoms with Gasteiger partial charge in [0.2, 0.25) is 0 Å². The summed E-state index contributed by atoms with van der Waals surface area (Å²) in [5, 5.41) is 7.07. The van der Waals surface area contributed by atoms with Crippen molar-refractivity contribution in [1.82, 2.24) is 15.5 Å². The van der Waals surface area contributed by atoms with Crippen LogP contribution in [0.1, 0.15) is 29.9 Å². The maximum atomic E-state index is 4.43. The van der Waals surface area contributed by atoms with E-state index in [1.807, 2.05) is 7.05 Å². The Morgan fingerprint density at radius 3 is 2.22 bits per heavy atom. The molecule has 0 bridgehead atoms. The molecule has 144 valence electrons. The van der Waals surface area contributed by atoms with Gasteiger partial charge in [-0.25, -0.2) is 0 Å². The minimum absolute atomic E-state index is 0.298. The molecule has 1 atom stereocenters. The van der Waals surface area contributed by atoms with Crippen LogP contribution in [0.15, 0.2) is 65.7 Å². The minimum atomic E-state index is 0.298. The second-order valence-electron chi connectivity index (χ2n) is 7.48. The van der Waals surface area contributed by atoms with Crippen LogP contribution in [-0.2, 0) is 0 Å². The van der Waals surface area contributed by atoms with Gasteiger partial charge in [-0.15, -0.1) is 0 Å². The third-order valence-electron chi connectivity index (χ3n) is 5.38. The van der Waals surface area contributed by atoms with Gasteiger partial charge in [0.1, 0.15) is 0 Å². The Hall–Kier alpha value is -2.33. The van der Waals surface area contributed by atoms with E-state index in [0.717, 1.165) is 19.0 Å². The molecule has 3 rings (SSSR count). The first kappa shape index (κ1) is 19.4. The highest BCUT2D eigenvalue weighted by atomic mass is 15.2. The molecule has 2 aromatic carbocycles. The molecule has 2 N–H and O–H groups in total. The third kappa shape index (κ3) is 5.83. The van der Waals surface area contributed by atoms with E-state index in [1.54, 1.807) is 0 Å². The van der Waals surface area contributed by atoms with Crippen molar-refractivity contribution in [3.05, 3.63) is 71.8 Å². The molecule has 4 heteroatoms. The van der Waals surface area contributed by atoms with Crippen molar-refractivity contribution in [1.29, 1.82) is 0 Å². The maximum absolute atomic E-state index is 4.43. The van der Waals surface area contributed by atoms with Gasteiger partial charge in [-0.1, -0.05) is 60.7 Å². The molecule has 1 heterocycles. The zero-order chi connectivity index (χ0) is 18.9. The second kappa shape index (κ2) is 10.1. The lowest BCUT2D eigenvalue weighted by molar-refractivity contribution is 0.210. The van der Waals surface area contributed by atoms with Crippen molar-refractivity contribution in [3.63, 3.8) is 0 Å². The second-order valence-corrected chi connectivity index (χ2v) is 7.48. The van der Waals surface area contributed by atoms with E-state index in [9.17, 15) is 0 Å². The number of hydrogen-bond donors (Lipinski definition) is 2. The average molecular weight is 365 g/mol. The van der Waals surface area contributed by atoms with Crippen molar-refractivity contribution >= 4 is 5.96 Å². The predicted molar refractivity (Wildman–Crippen MR) is 114 cm³/mol. The lowest BCUT2D eigenvalue weighted by Gasteiger charge is -2.30. The average Bonchev–Trinajstić information content (AvgIpc) is 2.72. The molecule has 1 aliphatic rings. The molecule has 1 fully saturated rings. The molecule has 0 amide bonds. The molecular formula is C23H32N4. The highest BCUT2D eigenvalue weighted by Gasteiger charge is 2.18. The molecule has 0 radical (unpaired) electrons. The standard InChI is InChI=1S/C23H32N4/c1-24-23(25-16-19-10-9-15-27(2)18-19)26-17-22(20-11-5-3-6-12-20)21-13-7-4-8-14-21/h3-8,11-14,19,22H,9-10,15-18H2,1-2H3,(H2,24,25,26). The Morgan fingerprint density at radius 1 is 1.04 bits per heavy atom. The molecule has 0 aliphatic carbocycles. The van der Waals surface area contributed by atoms with E-state index >= 15 is 0 Å². The van der Waals surface area contributed by atoms with Gasteiger partial charge in [-0.05, 0) is 43.5 Å². The van der Waals surface area contributed by atoms with Gasteiger partial charge < -0.3 is 15.5 Å². The normalized spacial score (nSPS) is 18.5. The summed E-state index contributed by atoms with van der Waals surface area (Å²) in [5.41, 5.74) is 2.64. The Kier molecular flexibility index (Phi) is 7.28. The molecule has 1 aliphatic heterocycles. The fourth-order valence-electron chi connectivity index (χ4n) is 3.90. The summed E-state index contributed by atoms with van der Waals surface area (Å²) in [6.07, 6.45) is 2.59. The van der Waals surface area contributed by atoms with Crippen LogP contribution in [0.3, 0.4) is 0 Å². The topological polar surface area (TPSA) is 39.7 Å². The summed E-state index contributed by atoms with van der Waals surface area (Å²) < 4.78 is 0. The van der Waals surface area contributed by atoms with Crippen molar-refractivity contribution < 1.29 is 0 Å². The van der Waals surface area contributed by atoms with Gasteiger partial charge in [-0.3, -0.25) is 4.99 Å². The van der Waals surface area contributed by atoms with Crippen LogP contribution in [0.4, 0.5) is 0 Å². The maximum Gasteiger partial charge on any atom is 0.191 e. The fraction of sp³-hybridized carbons (Fsp3) is 0.435. The first-order chi connectivity index (χ1) is 13.3. The lowest BCUT2D eigenvalue weighted by Crippen LogP contribution is -2.44. The van der Waals surface area contributed by atoms with E-state index in [1.165, 1.54) is 37.1 Å². The Balaban J connectivity index is 1.60. The van der Waals surface area contributed by atoms with Crippen molar-refractivity contribution in [2.45, 2.75) is 18.8 Å². The van der Waals surface area contributed by atoms with Gasteiger partial charge in [0.15, 0.2) is 5.96 Å². The largest absolute Gasteiger partial charge is 0.356 e. The Bertz CT molecular complexity index is 659. The van der Waals surface area contributed by atoms with Crippen LogP contribution >= 0.6 is 0 Å². The fourth-order valence-corrected chi connectivity index (χ4v) is 3.90. The summed E-state index contributed by atoms with van der Waals surface area (Å²) >= 11 is 0. The number of benzene rings is 2. The number of nitrogens with one attached hydrogen (secondary N) is 2. The van der Waals surface area contributed by atoms with Crippen molar-refractivity contribution in [2.24, 2.45) is 10.9 Å². The molecule has 1 saturated heterocycles. The highest BCUT2D eigenvalue weighted by Crippen LogP contribution is 2.23. The third-order valence-corrected chi connectivity index (χ3v) is 5.38. The Morgan fingerprint density at radius 2 is 1.67 bits per heavy atom. The number of rotatable bonds is 6. The zero-order valence-corrected chi connectivity index (χ0v) is 16.6. The van der Waals surface area contributed by atoms with Gasteiger partial charge in [0.05, 0.1) is 0 Å². The quantitative estimate of drug-likeness (QED) is 0.610. The predicted octanol–water partition coefficient (Wildman–Crippen LogP) is 3.33. The molecule has 0 saturated carbocycles. The van der Waals surface area contributed by atoms with Crippen molar-refractivity contribution in [3.8, 4) is 0 Å². The molecule has 0 spiro atoms. The van der Waals surface area contributed by atoms with E-state index in [-0.39, 0.29) is 0 Å². The number of guanidine groups is 1. The first-order valence-corrected chi connectivity index (χ1v) is 9.99. The van der Waals surface area contributed by atoms with Crippen LogP contribution in [0, 0.1) is 5.92 Å².